The Hall–Kier alpha value is -1.69. The maximum absolute atomic E-state index is 12.4. The Morgan fingerprint density at radius 3 is 2.86 bits per heavy atom. The lowest BCUT2D eigenvalue weighted by Crippen LogP contribution is -2.45. The monoisotopic (exact) mass is 307 g/mol. The Morgan fingerprint density at radius 1 is 1.43 bits per heavy atom. The number of piperidine rings is 1. The molecule has 5 nitrogen and oxygen atoms in total. The number of nitrogens with zero attached hydrogens (tertiary/aromatic N) is 1. The number of para-hydroxylation sites is 1. The summed E-state index contributed by atoms with van der Waals surface area (Å²) >= 11 is 1.60. The molecule has 0 aliphatic carbocycles. The molecule has 1 aromatic rings. The molecule has 1 aliphatic rings. The number of urea groups is 1. The van der Waals surface area contributed by atoms with Gasteiger partial charge >= 0.3 is 6.03 Å². The number of nitrogens with one attached hydrogen (secondary N) is 1. The molecule has 1 aromatic carbocycles. The van der Waals surface area contributed by atoms with E-state index in [4.69, 9.17) is 5.73 Å². The van der Waals surface area contributed by atoms with E-state index in [0.29, 0.717) is 13.1 Å². The van der Waals surface area contributed by atoms with Crippen molar-refractivity contribution in [2.45, 2.75) is 24.7 Å². The molecule has 3 amide bonds. The molecule has 2 rings (SSSR count). The summed E-state index contributed by atoms with van der Waals surface area (Å²) in [5.74, 6) is -0.561. The first-order chi connectivity index (χ1) is 10.0. The van der Waals surface area contributed by atoms with E-state index in [2.05, 4.69) is 5.32 Å². The number of amides is 3. The van der Waals surface area contributed by atoms with Gasteiger partial charge in [-0.2, -0.15) is 0 Å². The van der Waals surface area contributed by atoms with Crippen LogP contribution in [0.4, 0.5) is 10.5 Å². The van der Waals surface area contributed by atoms with Gasteiger partial charge in [-0.1, -0.05) is 12.1 Å². The fourth-order valence-electron chi connectivity index (χ4n) is 2.55. The summed E-state index contributed by atoms with van der Waals surface area (Å²) < 4.78 is 0. The summed E-state index contributed by atoms with van der Waals surface area (Å²) in [7, 11) is 0. The predicted molar refractivity (Wildman–Crippen MR) is 85.5 cm³/mol. The summed E-state index contributed by atoms with van der Waals surface area (Å²) in [5.41, 5.74) is 7.22. The third kappa shape index (κ3) is 3.69. The summed E-state index contributed by atoms with van der Waals surface area (Å²) in [6.45, 7) is 3.04. The van der Waals surface area contributed by atoms with E-state index in [1.807, 2.05) is 31.4 Å². The van der Waals surface area contributed by atoms with Crippen LogP contribution >= 0.6 is 11.8 Å². The van der Waals surface area contributed by atoms with Gasteiger partial charge in [0.15, 0.2) is 0 Å². The highest BCUT2D eigenvalue weighted by Crippen LogP contribution is 2.29. The quantitative estimate of drug-likeness (QED) is 0.842. The first-order valence-corrected chi connectivity index (χ1v) is 8.24. The molecule has 1 aliphatic heterocycles. The molecule has 21 heavy (non-hydrogen) atoms. The Labute approximate surface area is 129 Å². The number of hydrogen-bond acceptors (Lipinski definition) is 3. The minimum absolute atomic E-state index is 0.162. The molecule has 0 saturated carbocycles. The number of carbonyl (C=O) groups excluding carboxylic acids is 2. The standard InChI is InChI=1S/C15H21N3O2S/c1-10-5-3-7-12(21-2)13(10)17-15(20)18-8-4-6-11(9-18)14(16)19/h3,5,7,11H,4,6,8-9H2,1-2H3,(H2,16,19)(H,17,20)/t11-/m0/s1. The predicted octanol–water partition coefficient (Wildman–Crippen LogP) is 2.45. The van der Waals surface area contributed by atoms with Crippen molar-refractivity contribution in [3.63, 3.8) is 0 Å². The van der Waals surface area contributed by atoms with Crippen LogP contribution in [0.3, 0.4) is 0 Å². The highest BCUT2D eigenvalue weighted by molar-refractivity contribution is 7.98. The van der Waals surface area contributed by atoms with E-state index in [1.54, 1.807) is 16.7 Å². The molecule has 0 radical (unpaired) electrons. The zero-order chi connectivity index (χ0) is 15.4. The highest BCUT2D eigenvalue weighted by atomic mass is 32.2. The summed E-state index contributed by atoms with van der Waals surface area (Å²) in [4.78, 5) is 26.4. The molecule has 0 aromatic heterocycles. The second kappa shape index (κ2) is 6.85. The molecule has 1 saturated heterocycles. The number of primary amides is 1. The summed E-state index contributed by atoms with van der Waals surface area (Å²) in [6.07, 6.45) is 3.55. The largest absolute Gasteiger partial charge is 0.369 e. The van der Waals surface area contributed by atoms with E-state index in [9.17, 15) is 9.59 Å². The van der Waals surface area contributed by atoms with Gasteiger partial charge in [0.05, 0.1) is 11.6 Å². The van der Waals surface area contributed by atoms with Gasteiger partial charge in [-0.3, -0.25) is 4.79 Å². The van der Waals surface area contributed by atoms with Gasteiger partial charge in [0.2, 0.25) is 5.91 Å². The Kier molecular flexibility index (Phi) is 5.12. The third-order valence-corrected chi connectivity index (χ3v) is 4.58. The SMILES string of the molecule is CSc1cccc(C)c1NC(=O)N1CCC[C@H](C(N)=O)C1. The van der Waals surface area contributed by atoms with Gasteiger partial charge in [0.1, 0.15) is 0 Å². The molecule has 1 heterocycles. The maximum atomic E-state index is 12.4. The highest BCUT2D eigenvalue weighted by Gasteiger charge is 2.27. The smallest absolute Gasteiger partial charge is 0.321 e. The van der Waals surface area contributed by atoms with Crippen LogP contribution < -0.4 is 11.1 Å². The van der Waals surface area contributed by atoms with Crippen LogP contribution in [-0.4, -0.2) is 36.2 Å². The fraction of sp³-hybridized carbons (Fsp3) is 0.467. The van der Waals surface area contributed by atoms with Crippen molar-refractivity contribution in [2.24, 2.45) is 11.7 Å². The van der Waals surface area contributed by atoms with Crippen LogP contribution in [-0.2, 0) is 4.79 Å². The normalized spacial score (nSPS) is 18.4. The van der Waals surface area contributed by atoms with Crippen molar-refractivity contribution >= 4 is 29.4 Å². The van der Waals surface area contributed by atoms with Crippen LogP contribution in [0, 0.1) is 12.8 Å². The van der Waals surface area contributed by atoms with Crippen molar-refractivity contribution in [1.29, 1.82) is 0 Å². The van der Waals surface area contributed by atoms with Crippen molar-refractivity contribution in [3.8, 4) is 0 Å². The number of anilines is 1. The van der Waals surface area contributed by atoms with Gasteiger partial charge in [-0.25, -0.2) is 4.79 Å². The minimum Gasteiger partial charge on any atom is -0.369 e. The molecule has 6 heteroatoms. The lowest BCUT2D eigenvalue weighted by atomic mass is 9.98. The summed E-state index contributed by atoms with van der Waals surface area (Å²) in [6, 6.07) is 5.76. The topological polar surface area (TPSA) is 75.4 Å². The number of likely N-dealkylation sites (tertiary alicyclic amines) is 1. The van der Waals surface area contributed by atoms with Crippen LogP contribution in [0.1, 0.15) is 18.4 Å². The summed E-state index contributed by atoms with van der Waals surface area (Å²) in [5, 5.41) is 2.97. The molecule has 3 N–H and O–H groups in total. The average molecular weight is 307 g/mol. The van der Waals surface area contributed by atoms with Gasteiger partial charge in [-0.05, 0) is 37.7 Å². The number of hydrogen-bond donors (Lipinski definition) is 2. The zero-order valence-corrected chi connectivity index (χ0v) is 13.2. The van der Waals surface area contributed by atoms with Crippen LogP contribution in [0.15, 0.2) is 23.1 Å². The molecule has 0 unspecified atom stereocenters. The number of nitrogens with two attached hydrogens (primary N) is 1. The molecular formula is C15H21N3O2S. The van der Waals surface area contributed by atoms with E-state index >= 15 is 0 Å². The van der Waals surface area contributed by atoms with Crippen molar-refractivity contribution in [3.05, 3.63) is 23.8 Å². The Morgan fingerprint density at radius 2 is 2.19 bits per heavy atom. The Bertz CT molecular complexity index is 548. The van der Waals surface area contributed by atoms with Gasteiger partial charge < -0.3 is 16.0 Å². The van der Waals surface area contributed by atoms with E-state index in [1.165, 1.54) is 0 Å². The van der Waals surface area contributed by atoms with Crippen LogP contribution in [0.2, 0.25) is 0 Å². The van der Waals surface area contributed by atoms with Crippen LogP contribution in [0.25, 0.3) is 0 Å². The third-order valence-electron chi connectivity index (χ3n) is 3.80. The lowest BCUT2D eigenvalue weighted by Gasteiger charge is -2.31. The molecule has 1 atom stereocenters. The van der Waals surface area contributed by atoms with Gasteiger partial charge in [0.25, 0.3) is 0 Å². The Balaban J connectivity index is 2.09. The maximum Gasteiger partial charge on any atom is 0.321 e. The second-order valence-electron chi connectivity index (χ2n) is 5.27. The lowest BCUT2D eigenvalue weighted by molar-refractivity contribution is -0.123. The first-order valence-electron chi connectivity index (χ1n) is 7.01. The van der Waals surface area contributed by atoms with Crippen molar-refractivity contribution in [1.82, 2.24) is 4.90 Å². The average Bonchev–Trinajstić information content (AvgIpc) is 2.49. The molecule has 0 spiro atoms. The zero-order valence-electron chi connectivity index (χ0n) is 12.4. The van der Waals surface area contributed by atoms with Gasteiger partial charge in [-0.15, -0.1) is 11.8 Å². The van der Waals surface area contributed by atoms with Crippen molar-refractivity contribution in [2.75, 3.05) is 24.7 Å². The number of benzene rings is 1. The first kappa shape index (κ1) is 15.7. The molecule has 1 fully saturated rings. The second-order valence-corrected chi connectivity index (χ2v) is 6.12. The number of carbonyl (C=O) groups is 2. The molecule has 114 valence electrons. The molecule has 0 bridgehead atoms. The van der Waals surface area contributed by atoms with E-state index in [0.717, 1.165) is 29.0 Å². The number of thioether (sulfide) groups is 1. The number of aryl methyl sites for hydroxylation is 1. The number of rotatable bonds is 3. The fourth-order valence-corrected chi connectivity index (χ4v) is 3.18. The van der Waals surface area contributed by atoms with Gasteiger partial charge in [0, 0.05) is 18.0 Å². The van der Waals surface area contributed by atoms with E-state index < -0.39 is 0 Å². The van der Waals surface area contributed by atoms with E-state index in [-0.39, 0.29) is 17.9 Å². The van der Waals surface area contributed by atoms with Crippen LogP contribution in [0.5, 0.6) is 0 Å². The van der Waals surface area contributed by atoms with Crippen molar-refractivity contribution < 1.29 is 9.59 Å². The molecular weight excluding hydrogens is 286 g/mol. The minimum atomic E-state index is -0.326.